The monoisotopic (exact) mass is 304 g/mol. The summed E-state index contributed by atoms with van der Waals surface area (Å²) in [4.78, 5) is 2.00. The first-order chi connectivity index (χ1) is 9.65. The fraction of sp³-hybridized carbons (Fsp3) is 0.188. The highest BCUT2D eigenvalue weighted by atomic mass is 35.5. The van der Waals surface area contributed by atoms with Crippen molar-refractivity contribution in [2.24, 2.45) is 0 Å². The first-order valence-electron chi connectivity index (χ1n) is 6.42. The Labute approximate surface area is 130 Å². The van der Waals surface area contributed by atoms with Crippen LogP contribution in [0, 0.1) is 0 Å². The van der Waals surface area contributed by atoms with Crippen LogP contribution in [0.4, 0.5) is 0 Å². The zero-order valence-electron chi connectivity index (χ0n) is 11.3. The predicted molar refractivity (Wildman–Crippen MR) is 88.8 cm³/mol. The number of nitrogens with one attached hydrogen (secondary N) is 1. The number of hydrogen-bond acceptors (Lipinski definition) is 1. The van der Waals surface area contributed by atoms with E-state index >= 15 is 0 Å². The fourth-order valence-corrected chi connectivity index (χ4v) is 2.24. The lowest BCUT2D eigenvalue weighted by Crippen LogP contribution is -2.36. The minimum Gasteiger partial charge on any atom is -0.358 e. The smallest absolute Gasteiger partial charge is 0.169 e. The third-order valence-electron chi connectivity index (χ3n) is 2.94. The number of nitrogens with zero attached hydrogens (tertiary/aromatic N) is 1. The van der Waals surface area contributed by atoms with Crippen LogP contribution in [0.3, 0.4) is 0 Å². The van der Waals surface area contributed by atoms with Gasteiger partial charge in [-0.3, -0.25) is 0 Å². The van der Waals surface area contributed by atoms with Gasteiger partial charge >= 0.3 is 0 Å². The van der Waals surface area contributed by atoms with E-state index in [0.717, 1.165) is 28.8 Å². The second kappa shape index (κ2) is 7.27. The van der Waals surface area contributed by atoms with Crippen LogP contribution in [0.1, 0.15) is 11.1 Å². The highest BCUT2D eigenvalue weighted by Gasteiger charge is 2.05. The van der Waals surface area contributed by atoms with Crippen LogP contribution in [-0.2, 0) is 13.1 Å². The van der Waals surface area contributed by atoms with Gasteiger partial charge in [0.25, 0.3) is 0 Å². The number of thiocarbonyl (C=S) groups is 1. The van der Waals surface area contributed by atoms with Gasteiger partial charge in [0.05, 0.1) is 0 Å². The maximum Gasteiger partial charge on any atom is 0.169 e. The average molecular weight is 305 g/mol. The molecule has 0 heterocycles. The molecule has 0 fully saturated rings. The molecule has 0 aromatic heterocycles. The quantitative estimate of drug-likeness (QED) is 0.864. The molecule has 2 nitrogen and oxygen atoms in total. The molecule has 0 saturated heterocycles. The number of benzene rings is 2. The van der Waals surface area contributed by atoms with Gasteiger partial charge in [-0.25, -0.2) is 0 Å². The van der Waals surface area contributed by atoms with E-state index in [2.05, 4.69) is 17.4 Å². The van der Waals surface area contributed by atoms with Crippen LogP contribution >= 0.6 is 23.8 Å². The van der Waals surface area contributed by atoms with Gasteiger partial charge in [0, 0.05) is 25.2 Å². The molecule has 0 atom stereocenters. The summed E-state index contributed by atoms with van der Waals surface area (Å²) in [7, 11) is 1.97. The molecule has 2 rings (SSSR count). The third kappa shape index (κ3) is 4.51. The van der Waals surface area contributed by atoms with Crippen LogP contribution in [-0.4, -0.2) is 17.1 Å². The molecule has 2 aromatic rings. The van der Waals surface area contributed by atoms with Crippen LogP contribution < -0.4 is 5.32 Å². The largest absolute Gasteiger partial charge is 0.358 e. The molecule has 2 aromatic carbocycles. The van der Waals surface area contributed by atoms with Crippen molar-refractivity contribution in [3.63, 3.8) is 0 Å². The van der Waals surface area contributed by atoms with Gasteiger partial charge in [0.2, 0.25) is 0 Å². The zero-order valence-corrected chi connectivity index (χ0v) is 12.9. The molecular weight excluding hydrogens is 288 g/mol. The zero-order chi connectivity index (χ0) is 14.4. The summed E-state index contributed by atoms with van der Waals surface area (Å²) in [5.41, 5.74) is 2.36. The van der Waals surface area contributed by atoms with Gasteiger partial charge in [0.15, 0.2) is 5.11 Å². The Morgan fingerprint density at radius 2 is 1.80 bits per heavy atom. The van der Waals surface area contributed by atoms with E-state index in [4.69, 9.17) is 23.8 Å². The summed E-state index contributed by atoms with van der Waals surface area (Å²) < 4.78 is 0. The van der Waals surface area contributed by atoms with Crippen molar-refractivity contribution >= 4 is 28.9 Å². The third-order valence-corrected chi connectivity index (χ3v) is 3.63. The molecule has 0 spiro atoms. The molecule has 1 N–H and O–H groups in total. The molecule has 0 unspecified atom stereocenters. The number of halogens is 1. The van der Waals surface area contributed by atoms with E-state index in [0.29, 0.717) is 0 Å². The van der Waals surface area contributed by atoms with Crippen molar-refractivity contribution in [1.29, 1.82) is 0 Å². The van der Waals surface area contributed by atoms with Gasteiger partial charge in [-0.15, -0.1) is 0 Å². The lowest BCUT2D eigenvalue weighted by atomic mass is 10.2. The molecule has 0 saturated carbocycles. The SMILES string of the molecule is CN(Cc1cccc(Cl)c1)C(=S)NCc1ccccc1. The maximum absolute atomic E-state index is 5.98. The van der Waals surface area contributed by atoms with Crippen LogP contribution in [0.25, 0.3) is 0 Å². The van der Waals surface area contributed by atoms with Gasteiger partial charge < -0.3 is 10.2 Å². The fourth-order valence-electron chi connectivity index (χ4n) is 1.89. The normalized spacial score (nSPS) is 10.1. The highest BCUT2D eigenvalue weighted by Crippen LogP contribution is 2.12. The molecule has 20 heavy (non-hydrogen) atoms. The maximum atomic E-state index is 5.98. The van der Waals surface area contributed by atoms with Crippen LogP contribution in [0.2, 0.25) is 5.02 Å². The van der Waals surface area contributed by atoms with E-state index in [-0.39, 0.29) is 0 Å². The molecule has 0 radical (unpaired) electrons. The van der Waals surface area contributed by atoms with Crippen LogP contribution in [0.15, 0.2) is 54.6 Å². The predicted octanol–water partition coefficient (Wildman–Crippen LogP) is 3.85. The van der Waals surface area contributed by atoms with Crippen LogP contribution in [0.5, 0.6) is 0 Å². The Hall–Kier alpha value is -1.58. The summed E-state index contributed by atoms with van der Waals surface area (Å²) in [6.45, 7) is 1.47. The molecule has 0 bridgehead atoms. The van der Waals surface area contributed by atoms with Crippen molar-refractivity contribution in [3.8, 4) is 0 Å². The summed E-state index contributed by atoms with van der Waals surface area (Å²) in [5, 5.41) is 4.74. The number of hydrogen-bond donors (Lipinski definition) is 1. The minimum absolute atomic E-state index is 0.730. The Bertz CT molecular complexity index is 572. The summed E-state index contributed by atoms with van der Waals surface area (Å²) in [5.74, 6) is 0. The molecule has 0 amide bonds. The molecule has 104 valence electrons. The Morgan fingerprint density at radius 1 is 1.10 bits per heavy atom. The Balaban J connectivity index is 1.86. The van der Waals surface area contributed by atoms with Crippen molar-refractivity contribution < 1.29 is 0 Å². The van der Waals surface area contributed by atoms with Crippen molar-refractivity contribution in [2.45, 2.75) is 13.1 Å². The van der Waals surface area contributed by atoms with Crippen molar-refractivity contribution in [1.82, 2.24) is 10.2 Å². The minimum atomic E-state index is 0.730. The lowest BCUT2D eigenvalue weighted by Gasteiger charge is -2.21. The summed E-state index contributed by atoms with van der Waals surface area (Å²) in [6, 6.07) is 18.0. The van der Waals surface area contributed by atoms with E-state index in [1.807, 2.05) is 54.4 Å². The average Bonchev–Trinajstić information content (AvgIpc) is 2.46. The summed E-state index contributed by atoms with van der Waals surface area (Å²) >= 11 is 11.4. The Morgan fingerprint density at radius 3 is 2.50 bits per heavy atom. The molecule has 4 heteroatoms. The van der Waals surface area contributed by atoms with E-state index in [1.54, 1.807) is 0 Å². The van der Waals surface area contributed by atoms with Gasteiger partial charge in [0.1, 0.15) is 0 Å². The first-order valence-corrected chi connectivity index (χ1v) is 7.21. The summed E-state index contributed by atoms with van der Waals surface area (Å²) in [6.07, 6.45) is 0. The highest BCUT2D eigenvalue weighted by molar-refractivity contribution is 7.80. The van der Waals surface area contributed by atoms with Crippen molar-refractivity contribution in [3.05, 3.63) is 70.7 Å². The van der Waals surface area contributed by atoms with Gasteiger partial charge in [-0.1, -0.05) is 54.1 Å². The Kier molecular flexibility index (Phi) is 5.39. The topological polar surface area (TPSA) is 15.3 Å². The van der Waals surface area contributed by atoms with Gasteiger partial charge in [-0.05, 0) is 35.5 Å². The second-order valence-corrected chi connectivity index (χ2v) is 5.45. The van der Waals surface area contributed by atoms with Gasteiger partial charge in [-0.2, -0.15) is 0 Å². The standard InChI is InChI=1S/C16H17ClN2S/c1-19(12-14-8-5-9-15(17)10-14)16(20)18-11-13-6-3-2-4-7-13/h2-10H,11-12H2,1H3,(H,18,20). The first kappa shape index (κ1) is 14.8. The van der Waals surface area contributed by atoms with E-state index in [1.165, 1.54) is 5.56 Å². The van der Waals surface area contributed by atoms with Crippen molar-refractivity contribution in [2.75, 3.05) is 7.05 Å². The number of rotatable bonds is 4. The molecule has 0 aliphatic rings. The van der Waals surface area contributed by atoms with E-state index < -0.39 is 0 Å². The molecular formula is C16H17ClN2S. The molecule has 0 aliphatic carbocycles. The second-order valence-electron chi connectivity index (χ2n) is 4.63. The lowest BCUT2D eigenvalue weighted by molar-refractivity contribution is 0.489. The molecule has 0 aliphatic heterocycles. The van der Waals surface area contributed by atoms with E-state index in [9.17, 15) is 0 Å².